The number of nitrogens with zero attached hydrogens (tertiary/aromatic N) is 2. The van der Waals surface area contributed by atoms with Crippen LogP contribution in [0.25, 0.3) is 0 Å². The summed E-state index contributed by atoms with van der Waals surface area (Å²) in [6.07, 6.45) is -4.28. The van der Waals surface area contributed by atoms with Crippen molar-refractivity contribution in [2.45, 2.75) is 32.6 Å². The molecule has 2 aromatic rings. The second kappa shape index (κ2) is 7.08. The lowest BCUT2D eigenvalue weighted by Gasteiger charge is -2.41. The van der Waals surface area contributed by atoms with Gasteiger partial charge in [-0.25, -0.2) is 0 Å². The van der Waals surface area contributed by atoms with Gasteiger partial charge in [0.2, 0.25) is 0 Å². The molecule has 1 heterocycles. The van der Waals surface area contributed by atoms with Gasteiger partial charge in [0.15, 0.2) is 0 Å². The molecule has 1 atom stereocenters. The van der Waals surface area contributed by atoms with Crippen molar-refractivity contribution < 1.29 is 13.2 Å². The van der Waals surface area contributed by atoms with Crippen LogP contribution in [0.1, 0.15) is 23.6 Å². The van der Waals surface area contributed by atoms with Crippen LogP contribution in [0, 0.1) is 6.92 Å². The lowest BCUT2D eigenvalue weighted by molar-refractivity contribution is -0.137. The van der Waals surface area contributed by atoms with E-state index in [-0.39, 0.29) is 0 Å². The van der Waals surface area contributed by atoms with E-state index >= 15 is 0 Å². The fourth-order valence-corrected chi connectivity index (χ4v) is 3.40. The fraction of sp³-hybridized carbons (Fsp3) is 0.400. The molecule has 0 radical (unpaired) electrons. The van der Waals surface area contributed by atoms with Crippen LogP contribution in [-0.4, -0.2) is 30.6 Å². The van der Waals surface area contributed by atoms with Gasteiger partial charge >= 0.3 is 6.18 Å². The summed E-state index contributed by atoms with van der Waals surface area (Å²) in [5.41, 5.74) is 2.58. The van der Waals surface area contributed by atoms with Gasteiger partial charge in [-0.15, -0.1) is 0 Å². The molecule has 1 fully saturated rings. The Bertz CT molecular complexity index is 710. The minimum atomic E-state index is -4.28. The number of halogens is 3. The van der Waals surface area contributed by atoms with Gasteiger partial charge in [-0.1, -0.05) is 35.9 Å². The SMILES string of the molecule is Cc1ccc(N2CCN(Cc3cccc(C(F)(F)F)c3)CC2C)cc1. The van der Waals surface area contributed by atoms with Crippen molar-refractivity contribution in [3.05, 3.63) is 65.2 Å². The van der Waals surface area contributed by atoms with Crippen LogP contribution < -0.4 is 4.90 Å². The van der Waals surface area contributed by atoms with Crippen LogP contribution in [0.15, 0.2) is 48.5 Å². The highest BCUT2D eigenvalue weighted by molar-refractivity contribution is 5.49. The zero-order chi connectivity index (χ0) is 18.0. The van der Waals surface area contributed by atoms with Gasteiger partial charge in [0.1, 0.15) is 0 Å². The molecule has 2 nitrogen and oxygen atoms in total. The molecule has 0 amide bonds. The molecule has 3 rings (SSSR count). The van der Waals surface area contributed by atoms with Gasteiger partial charge in [0.25, 0.3) is 0 Å². The average molecular weight is 348 g/mol. The molecule has 0 spiro atoms. The van der Waals surface area contributed by atoms with Gasteiger partial charge in [-0.2, -0.15) is 13.2 Å². The van der Waals surface area contributed by atoms with E-state index in [0.29, 0.717) is 18.2 Å². The highest BCUT2D eigenvalue weighted by Crippen LogP contribution is 2.30. The lowest BCUT2D eigenvalue weighted by Crippen LogP contribution is -2.51. The Labute approximate surface area is 146 Å². The molecule has 1 saturated heterocycles. The van der Waals surface area contributed by atoms with Crippen molar-refractivity contribution in [3.8, 4) is 0 Å². The number of anilines is 1. The third kappa shape index (κ3) is 4.34. The number of hydrogen-bond acceptors (Lipinski definition) is 2. The molecule has 134 valence electrons. The van der Waals surface area contributed by atoms with Gasteiger partial charge in [0.05, 0.1) is 5.56 Å². The summed E-state index contributed by atoms with van der Waals surface area (Å²) in [7, 11) is 0. The molecule has 1 unspecified atom stereocenters. The van der Waals surface area contributed by atoms with E-state index in [4.69, 9.17) is 0 Å². The Morgan fingerprint density at radius 1 is 1.04 bits per heavy atom. The Morgan fingerprint density at radius 2 is 1.76 bits per heavy atom. The molecule has 0 aliphatic carbocycles. The maximum atomic E-state index is 12.9. The largest absolute Gasteiger partial charge is 0.416 e. The van der Waals surface area contributed by atoms with E-state index in [1.54, 1.807) is 6.07 Å². The quantitative estimate of drug-likeness (QED) is 0.792. The van der Waals surface area contributed by atoms with Gasteiger partial charge in [-0.3, -0.25) is 4.90 Å². The minimum Gasteiger partial charge on any atom is -0.366 e. The summed E-state index contributed by atoms with van der Waals surface area (Å²) in [5, 5.41) is 0. The Hall–Kier alpha value is -2.01. The van der Waals surface area contributed by atoms with E-state index in [2.05, 4.69) is 47.9 Å². The number of hydrogen-bond donors (Lipinski definition) is 0. The average Bonchev–Trinajstić information content (AvgIpc) is 2.56. The molecule has 0 N–H and O–H groups in total. The van der Waals surface area contributed by atoms with E-state index in [9.17, 15) is 13.2 Å². The molecule has 5 heteroatoms. The van der Waals surface area contributed by atoms with E-state index < -0.39 is 11.7 Å². The lowest BCUT2D eigenvalue weighted by atomic mass is 10.1. The summed E-state index contributed by atoms with van der Waals surface area (Å²) in [6, 6.07) is 14.5. The van der Waals surface area contributed by atoms with Crippen molar-refractivity contribution in [3.63, 3.8) is 0 Å². The van der Waals surface area contributed by atoms with Crippen molar-refractivity contribution in [1.29, 1.82) is 0 Å². The number of benzene rings is 2. The van der Waals surface area contributed by atoms with Gasteiger partial charge in [0, 0.05) is 37.9 Å². The van der Waals surface area contributed by atoms with Crippen molar-refractivity contribution >= 4 is 5.69 Å². The zero-order valence-corrected chi connectivity index (χ0v) is 14.6. The standard InChI is InChI=1S/C20H23F3N2/c1-15-6-8-19(9-7-15)25-11-10-24(13-16(25)2)14-17-4-3-5-18(12-17)20(21,22)23/h3-9,12,16H,10-11,13-14H2,1-2H3. The predicted molar refractivity (Wildman–Crippen MR) is 94.7 cm³/mol. The van der Waals surface area contributed by atoms with E-state index in [1.165, 1.54) is 23.4 Å². The highest BCUT2D eigenvalue weighted by atomic mass is 19.4. The molecule has 1 aliphatic rings. The first-order valence-electron chi connectivity index (χ1n) is 8.55. The third-order valence-electron chi connectivity index (χ3n) is 4.74. The minimum absolute atomic E-state index is 0.322. The second-order valence-corrected chi connectivity index (χ2v) is 6.81. The smallest absolute Gasteiger partial charge is 0.366 e. The Morgan fingerprint density at radius 3 is 2.40 bits per heavy atom. The van der Waals surface area contributed by atoms with Crippen LogP contribution in [0.5, 0.6) is 0 Å². The summed E-state index contributed by atoms with van der Waals surface area (Å²) in [5.74, 6) is 0. The first kappa shape index (κ1) is 17.8. The Balaban J connectivity index is 1.64. The molecule has 25 heavy (non-hydrogen) atoms. The second-order valence-electron chi connectivity index (χ2n) is 6.81. The maximum absolute atomic E-state index is 12.9. The van der Waals surface area contributed by atoms with Crippen molar-refractivity contribution in [2.75, 3.05) is 24.5 Å². The van der Waals surface area contributed by atoms with Crippen molar-refractivity contribution in [1.82, 2.24) is 4.90 Å². The van der Waals surface area contributed by atoms with Crippen LogP contribution in [0.2, 0.25) is 0 Å². The van der Waals surface area contributed by atoms with Crippen LogP contribution in [0.4, 0.5) is 18.9 Å². The number of alkyl halides is 3. The number of rotatable bonds is 3. The number of piperazine rings is 1. The fourth-order valence-electron chi connectivity index (χ4n) is 3.40. The van der Waals surface area contributed by atoms with Crippen LogP contribution >= 0.6 is 0 Å². The highest BCUT2D eigenvalue weighted by Gasteiger charge is 2.30. The normalized spacial score (nSPS) is 19.2. The van der Waals surface area contributed by atoms with Crippen molar-refractivity contribution in [2.24, 2.45) is 0 Å². The van der Waals surface area contributed by atoms with Gasteiger partial charge < -0.3 is 4.90 Å². The topological polar surface area (TPSA) is 6.48 Å². The summed E-state index contributed by atoms with van der Waals surface area (Å²) < 4.78 is 38.6. The zero-order valence-electron chi connectivity index (χ0n) is 14.6. The van der Waals surface area contributed by atoms with Gasteiger partial charge in [-0.05, 0) is 37.6 Å². The third-order valence-corrected chi connectivity index (χ3v) is 4.74. The molecular weight excluding hydrogens is 325 g/mol. The first-order chi connectivity index (χ1) is 11.8. The summed E-state index contributed by atoms with van der Waals surface area (Å²) >= 11 is 0. The van der Waals surface area contributed by atoms with Crippen LogP contribution in [0.3, 0.4) is 0 Å². The molecule has 0 aromatic heterocycles. The summed E-state index contributed by atoms with van der Waals surface area (Å²) in [4.78, 5) is 4.59. The van der Waals surface area contributed by atoms with E-state index in [1.807, 2.05) is 0 Å². The molecule has 0 saturated carbocycles. The maximum Gasteiger partial charge on any atom is 0.416 e. The Kier molecular flexibility index (Phi) is 5.04. The molecule has 0 bridgehead atoms. The van der Waals surface area contributed by atoms with E-state index in [0.717, 1.165) is 25.7 Å². The first-order valence-corrected chi connectivity index (χ1v) is 8.55. The number of aryl methyl sites for hydroxylation is 1. The molecule has 2 aromatic carbocycles. The summed E-state index contributed by atoms with van der Waals surface area (Å²) in [6.45, 7) is 7.34. The monoisotopic (exact) mass is 348 g/mol. The molecule has 1 aliphatic heterocycles. The van der Waals surface area contributed by atoms with Crippen LogP contribution in [-0.2, 0) is 12.7 Å². The molecular formula is C20H23F3N2. The predicted octanol–water partition coefficient (Wildman–Crippen LogP) is 4.72.